The van der Waals surface area contributed by atoms with Gasteiger partial charge in [0, 0.05) is 47.6 Å². The summed E-state index contributed by atoms with van der Waals surface area (Å²) in [5.74, 6) is -0.0682. The number of amides is 1. The van der Waals surface area contributed by atoms with Crippen molar-refractivity contribution >= 4 is 43.4 Å². The van der Waals surface area contributed by atoms with E-state index in [9.17, 15) is 18.0 Å². The Morgan fingerprint density at radius 1 is 1.03 bits per heavy atom. The summed E-state index contributed by atoms with van der Waals surface area (Å²) in [5.41, 5.74) is 2.04. The highest BCUT2D eigenvalue weighted by molar-refractivity contribution is 7.89. The van der Waals surface area contributed by atoms with Gasteiger partial charge in [-0.1, -0.05) is 27.7 Å². The molecule has 3 heterocycles. The molecule has 1 fully saturated rings. The van der Waals surface area contributed by atoms with E-state index in [0.717, 1.165) is 29.3 Å². The van der Waals surface area contributed by atoms with Gasteiger partial charge in [-0.3, -0.25) is 9.59 Å². The molecule has 1 amide bonds. The molecule has 0 aliphatic carbocycles. The number of rotatable bonds is 4. The molecule has 2 aromatic carbocycles. The van der Waals surface area contributed by atoms with E-state index in [4.69, 9.17) is 0 Å². The predicted octanol–water partition coefficient (Wildman–Crippen LogP) is 4.98. The highest BCUT2D eigenvalue weighted by Gasteiger charge is 2.29. The fourth-order valence-electron chi connectivity index (χ4n) is 4.92. The summed E-state index contributed by atoms with van der Waals surface area (Å²) in [6, 6.07) is 10.3. The molecule has 37 heavy (non-hydrogen) atoms. The number of sulfonamides is 1. The van der Waals surface area contributed by atoms with Gasteiger partial charge < -0.3 is 15.3 Å². The van der Waals surface area contributed by atoms with Gasteiger partial charge in [-0.15, -0.1) is 0 Å². The normalized spacial score (nSPS) is 15.9. The summed E-state index contributed by atoms with van der Waals surface area (Å²) in [7, 11) is -3.74. The number of benzene rings is 2. The number of hydrogen-bond donors (Lipinski definition) is 3. The van der Waals surface area contributed by atoms with Gasteiger partial charge in [0.15, 0.2) is 0 Å². The monoisotopic (exact) mass is 520 g/mol. The molecule has 0 radical (unpaired) electrons. The first kappa shape index (κ1) is 25.2. The molecule has 1 aliphatic rings. The molecule has 9 heteroatoms. The maximum Gasteiger partial charge on any atom is 0.261 e. The summed E-state index contributed by atoms with van der Waals surface area (Å²) in [6.45, 7) is 9.22. The number of aromatic nitrogens is 2. The Labute approximate surface area is 216 Å². The van der Waals surface area contributed by atoms with Crippen molar-refractivity contribution in [3.63, 3.8) is 0 Å². The minimum atomic E-state index is -3.74. The molecule has 3 N–H and O–H groups in total. The number of hydrogen-bond acceptors (Lipinski definition) is 4. The van der Waals surface area contributed by atoms with E-state index < -0.39 is 21.4 Å². The predicted molar refractivity (Wildman–Crippen MR) is 147 cm³/mol. The van der Waals surface area contributed by atoms with Crippen molar-refractivity contribution in [2.45, 2.75) is 50.8 Å². The summed E-state index contributed by atoms with van der Waals surface area (Å²) in [4.78, 5) is 32.9. The third kappa shape index (κ3) is 4.69. The first-order valence-corrected chi connectivity index (χ1v) is 14.0. The minimum absolute atomic E-state index is 0.0600. The standard InChI is InChI=1S/C28H32N4O4S/c1-17-8-11-32(12-9-17)37(35,36)19-5-6-23-20(14-19)26(33)21(16-30-23)27(34)31-25-15-24-18(7-10-29-24)13-22(25)28(2,3)4/h5-7,10,13-17,29H,8-9,11-12H2,1-4H3,(H,30,33)(H,31,34). The van der Waals surface area contributed by atoms with Crippen LogP contribution in [-0.2, 0) is 15.4 Å². The Balaban J connectivity index is 1.51. The van der Waals surface area contributed by atoms with E-state index in [2.05, 4.69) is 43.0 Å². The lowest BCUT2D eigenvalue weighted by atomic mass is 9.85. The molecule has 1 aliphatic heterocycles. The molecule has 2 aromatic heterocycles. The Morgan fingerprint density at radius 3 is 2.46 bits per heavy atom. The molecular formula is C28H32N4O4S. The van der Waals surface area contributed by atoms with Crippen LogP contribution in [0.15, 0.2) is 58.5 Å². The van der Waals surface area contributed by atoms with E-state index in [1.165, 1.54) is 22.6 Å². The Kier molecular flexibility index (Phi) is 6.24. The van der Waals surface area contributed by atoms with Crippen LogP contribution in [-0.4, -0.2) is 41.7 Å². The number of carbonyl (C=O) groups is 1. The SMILES string of the molecule is CC1CCN(S(=O)(=O)c2ccc3[nH]cc(C(=O)Nc4cc5[nH]ccc5cc4C(C)(C)C)c(=O)c3c2)CC1. The van der Waals surface area contributed by atoms with E-state index in [0.29, 0.717) is 30.2 Å². The van der Waals surface area contributed by atoms with Gasteiger partial charge in [-0.25, -0.2) is 8.42 Å². The average molecular weight is 521 g/mol. The molecule has 194 valence electrons. The molecule has 4 aromatic rings. The molecule has 5 rings (SSSR count). The zero-order valence-electron chi connectivity index (χ0n) is 21.5. The van der Waals surface area contributed by atoms with Crippen LogP contribution < -0.4 is 10.7 Å². The molecule has 0 saturated carbocycles. The smallest absolute Gasteiger partial charge is 0.261 e. The summed E-state index contributed by atoms with van der Waals surface area (Å²) < 4.78 is 28.0. The van der Waals surface area contributed by atoms with Crippen molar-refractivity contribution in [3.8, 4) is 0 Å². The average Bonchev–Trinajstić information content (AvgIpc) is 3.31. The molecule has 1 saturated heterocycles. The van der Waals surface area contributed by atoms with Crippen LogP contribution in [0.4, 0.5) is 5.69 Å². The highest BCUT2D eigenvalue weighted by atomic mass is 32.2. The second kappa shape index (κ2) is 9.15. The number of piperidine rings is 1. The van der Waals surface area contributed by atoms with Crippen LogP contribution >= 0.6 is 0 Å². The molecule has 0 atom stereocenters. The van der Waals surface area contributed by atoms with Crippen molar-refractivity contribution in [1.82, 2.24) is 14.3 Å². The maximum absolute atomic E-state index is 13.4. The third-order valence-electron chi connectivity index (χ3n) is 7.22. The Hall–Kier alpha value is -3.43. The first-order valence-electron chi connectivity index (χ1n) is 12.5. The van der Waals surface area contributed by atoms with Gasteiger partial charge >= 0.3 is 0 Å². The highest BCUT2D eigenvalue weighted by Crippen LogP contribution is 2.33. The Morgan fingerprint density at radius 2 is 1.76 bits per heavy atom. The number of nitrogens with zero attached hydrogens (tertiary/aromatic N) is 1. The first-order chi connectivity index (χ1) is 17.4. The number of H-pyrrole nitrogens is 2. The fraction of sp³-hybridized carbons (Fsp3) is 0.357. The van der Waals surface area contributed by atoms with Crippen LogP contribution in [0.25, 0.3) is 21.8 Å². The van der Waals surface area contributed by atoms with E-state index >= 15 is 0 Å². The summed E-state index contributed by atoms with van der Waals surface area (Å²) in [5, 5.41) is 4.11. The quantitative estimate of drug-likeness (QED) is 0.352. The van der Waals surface area contributed by atoms with Gasteiger partial charge in [0.1, 0.15) is 5.56 Å². The largest absolute Gasteiger partial charge is 0.361 e. The van der Waals surface area contributed by atoms with Gasteiger partial charge in [0.25, 0.3) is 5.91 Å². The number of nitrogens with one attached hydrogen (secondary N) is 3. The number of anilines is 1. The fourth-order valence-corrected chi connectivity index (χ4v) is 6.41. The third-order valence-corrected chi connectivity index (χ3v) is 9.12. The lowest BCUT2D eigenvalue weighted by Crippen LogP contribution is -2.37. The van der Waals surface area contributed by atoms with E-state index in [1.54, 1.807) is 6.07 Å². The van der Waals surface area contributed by atoms with Gasteiger partial charge in [0.05, 0.1) is 4.90 Å². The van der Waals surface area contributed by atoms with Gasteiger partial charge in [-0.2, -0.15) is 4.31 Å². The van der Waals surface area contributed by atoms with Crippen LogP contribution in [0.1, 0.15) is 56.5 Å². The second-order valence-corrected chi connectivity index (χ2v) is 12.9. The van der Waals surface area contributed by atoms with Crippen LogP contribution in [0.5, 0.6) is 0 Å². The number of pyridine rings is 1. The van der Waals surface area contributed by atoms with Crippen molar-refractivity contribution in [2.75, 3.05) is 18.4 Å². The van der Waals surface area contributed by atoms with Gasteiger partial charge in [-0.05, 0) is 71.5 Å². The zero-order chi connectivity index (χ0) is 26.5. The van der Waals surface area contributed by atoms with Crippen molar-refractivity contribution in [3.05, 3.63) is 70.1 Å². The number of aromatic amines is 2. The molecule has 0 spiro atoms. The van der Waals surface area contributed by atoms with Gasteiger partial charge in [0.2, 0.25) is 15.5 Å². The minimum Gasteiger partial charge on any atom is -0.361 e. The lowest BCUT2D eigenvalue weighted by molar-refractivity contribution is 0.102. The molecular weight excluding hydrogens is 488 g/mol. The van der Waals surface area contributed by atoms with Crippen molar-refractivity contribution in [1.29, 1.82) is 0 Å². The van der Waals surface area contributed by atoms with Crippen LogP contribution in [0, 0.1) is 5.92 Å². The summed E-state index contributed by atoms with van der Waals surface area (Å²) in [6.07, 6.45) is 4.84. The van der Waals surface area contributed by atoms with E-state index in [-0.39, 0.29) is 21.3 Å². The van der Waals surface area contributed by atoms with E-state index in [1.807, 2.05) is 24.4 Å². The zero-order valence-corrected chi connectivity index (χ0v) is 22.3. The second-order valence-electron chi connectivity index (χ2n) is 11.0. The van der Waals surface area contributed by atoms with Crippen LogP contribution in [0.2, 0.25) is 0 Å². The maximum atomic E-state index is 13.4. The molecule has 0 bridgehead atoms. The number of fused-ring (bicyclic) bond motifs is 2. The van der Waals surface area contributed by atoms with Crippen molar-refractivity contribution in [2.24, 2.45) is 5.92 Å². The topological polar surface area (TPSA) is 115 Å². The van der Waals surface area contributed by atoms with Crippen molar-refractivity contribution < 1.29 is 13.2 Å². The number of carbonyl (C=O) groups excluding carboxylic acids is 1. The molecule has 8 nitrogen and oxygen atoms in total. The molecule has 0 unspecified atom stereocenters. The Bertz CT molecular complexity index is 1670. The lowest BCUT2D eigenvalue weighted by Gasteiger charge is -2.29. The van der Waals surface area contributed by atoms with Crippen LogP contribution in [0.3, 0.4) is 0 Å². The summed E-state index contributed by atoms with van der Waals surface area (Å²) >= 11 is 0.